The molecule has 2 aliphatic heterocycles. The van der Waals surface area contributed by atoms with E-state index in [4.69, 9.17) is 19.0 Å². The lowest BCUT2D eigenvalue weighted by Crippen LogP contribution is -2.51. The van der Waals surface area contributed by atoms with Crippen molar-refractivity contribution in [3.8, 4) is 5.75 Å². The Balaban J connectivity index is 1.99. The van der Waals surface area contributed by atoms with Crippen LogP contribution in [0, 0.1) is 11.3 Å². The monoisotopic (exact) mass is 639 g/mol. The molecule has 1 N–H and O–H groups in total. The molecule has 2 aromatic heterocycles. The van der Waals surface area contributed by atoms with Crippen LogP contribution >= 0.6 is 0 Å². The molecule has 2 aliphatic rings. The number of ether oxygens (including phenoxy) is 1. The van der Waals surface area contributed by atoms with E-state index in [1.165, 1.54) is 0 Å². The summed E-state index contributed by atoms with van der Waals surface area (Å²) >= 11 is 0. The van der Waals surface area contributed by atoms with E-state index in [2.05, 4.69) is 112 Å². The quantitative estimate of drug-likeness (QED) is 0.291. The Morgan fingerprint density at radius 1 is 1.09 bits per heavy atom. The minimum Gasteiger partial charge on any atom is -0.494 e. The van der Waals surface area contributed by atoms with Crippen molar-refractivity contribution in [3.63, 3.8) is 0 Å². The molecule has 2 fully saturated rings. The average molecular weight is 640 g/mol. The molecule has 8 nitrogen and oxygen atoms in total. The van der Waals surface area contributed by atoms with E-state index in [-0.39, 0.29) is 17.4 Å². The molecule has 10 heteroatoms. The molecular weight excluding hydrogens is 581 g/mol. The Morgan fingerprint density at radius 3 is 2.11 bits per heavy atom. The van der Waals surface area contributed by atoms with E-state index >= 15 is 0 Å². The first-order chi connectivity index (χ1) is 20.7. The standard InChI is InChI=1S/C35H58BN3O5Si/c1-22(2)45(23(3)4,24(5)6)39-18-16-26-30(28(42-14)21-37-31(26)39)27(20-36-43-34(10,11)35(12,13)44-36)25-15-17-38(32(40)41)29(19-25)33(7,8)9/h16,18,20-25,29H,15,17,19H2,1-14H3,(H,40,41)/b27-20-. The second kappa shape index (κ2) is 12.4. The van der Waals surface area contributed by atoms with Crippen LogP contribution in [0.5, 0.6) is 5.75 Å². The number of nitrogens with zero attached hydrogens (tertiary/aromatic N) is 3. The lowest BCUT2D eigenvalue weighted by Gasteiger charge is -2.45. The van der Waals surface area contributed by atoms with Crippen LogP contribution < -0.4 is 4.74 Å². The third-order valence-corrected chi connectivity index (χ3v) is 18.0. The normalized spacial score (nSPS) is 22.7. The van der Waals surface area contributed by atoms with Crippen LogP contribution in [-0.4, -0.2) is 71.6 Å². The molecule has 0 radical (unpaired) electrons. The lowest BCUT2D eigenvalue weighted by molar-refractivity contribution is 0.00578. The summed E-state index contributed by atoms with van der Waals surface area (Å²) in [5, 5.41) is 11.2. The molecule has 2 aromatic rings. The largest absolute Gasteiger partial charge is 0.494 e. The lowest BCUT2D eigenvalue weighted by atomic mass is 9.71. The number of likely N-dealkylation sites (tertiary alicyclic amines) is 1. The molecule has 0 saturated carbocycles. The van der Waals surface area contributed by atoms with Gasteiger partial charge < -0.3 is 28.3 Å². The Bertz CT molecular complexity index is 1390. The summed E-state index contributed by atoms with van der Waals surface area (Å²) in [6.45, 7) is 29.4. The van der Waals surface area contributed by atoms with Gasteiger partial charge in [0.05, 0.1) is 24.5 Å². The zero-order valence-electron chi connectivity index (χ0n) is 30.3. The number of hydrogen-bond acceptors (Lipinski definition) is 5. The molecule has 0 bridgehead atoms. The number of methoxy groups -OCH3 is 1. The Morgan fingerprint density at radius 2 is 1.64 bits per heavy atom. The van der Waals surface area contributed by atoms with Crippen LogP contribution in [0.25, 0.3) is 16.6 Å². The van der Waals surface area contributed by atoms with Crippen molar-refractivity contribution >= 4 is 38.1 Å². The van der Waals surface area contributed by atoms with Crippen molar-refractivity contribution in [2.45, 2.75) is 137 Å². The third kappa shape index (κ3) is 6.11. The summed E-state index contributed by atoms with van der Waals surface area (Å²) in [6, 6.07) is 2.08. The fourth-order valence-corrected chi connectivity index (χ4v) is 15.0. The molecule has 1 amide bonds. The summed E-state index contributed by atoms with van der Waals surface area (Å²) in [4.78, 5) is 19.1. The number of aromatic nitrogens is 2. The summed E-state index contributed by atoms with van der Waals surface area (Å²) in [6.07, 6.45) is 4.67. The number of piperidine rings is 1. The SMILES string of the molecule is COc1cnc2c(ccn2[Si](C(C)C)(C(C)C)C(C)C)c1/C(=C\B1OC(C)(C)C(C)(C)O1)C1CCN(C(=O)O)C(C(C)(C)C)C1. The number of pyridine rings is 1. The van der Waals surface area contributed by atoms with Gasteiger partial charge in [0.2, 0.25) is 0 Å². The minimum atomic E-state index is -2.10. The van der Waals surface area contributed by atoms with Crippen molar-refractivity contribution in [3.05, 3.63) is 30.0 Å². The van der Waals surface area contributed by atoms with Gasteiger partial charge in [-0.15, -0.1) is 0 Å². The van der Waals surface area contributed by atoms with E-state index in [9.17, 15) is 9.90 Å². The number of rotatable bonds is 8. The highest BCUT2D eigenvalue weighted by atomic mass is 28.3. The fourth-order valence-electron chi connectivity index (χ4n) is 8.49. The summed E-state index contributed by atoms with van der Waals surface area (Å²) in [5.41, 5.74) is 3.40. The predicted molar refractivity (Wildman–Crippen MR) is 187 cm³/mol. The molecule has 4 heterocycles. The summed E-state index contributed by atoms with van der Waals surface area (Å²) in [5.74, 6) is 2.92. The van der Waals surface area contributed by atoms with Gasteiger partial charge in [0.1, 0.15) is 11.4 Å². The maximum Gasteiger partial charge on any atom is 0.487 e. The van der Waals surface area contributed by atoms with Crippen molar-refractivity contribution < 1.29 is 23.9 Å². The van der Waals surface area contributed by atoms with Crippen molar-refractivity contribution in [1.29, 1.82) is 0 Å². The second-order valence-corrected chi connectivity index (χ2v) is 22.0. The number of carboxylic acid groups (broad SMARTS) is 1. The topological polar surface area (TPSA) is 86.1 Å². The van der Waals surface area contributed by atoms with Crippen LogP contribution in [0.4, 0.5) is 4.79 Å². The van der Waals surface area contributed by atoms with Crippen molar-refractivity contribution in [1.82, 2.24) is 14.1 Å². The van der Waals surface area contributed by atoms with Gasteiger partial charge in [-0.25, -0.2) is 9.78 Å². The van der Waals surface area contributed by atoms with E-state index in [1.807, 2.05) is 6.20 Å². The molecule has 45 heavy (non-hydrogen) atoms. The molecule has 0 aliphatic carbocycles. The molecule has 4 rings (SSSR count). The van der Waals surface area contributed by atoms with E-state index in [0.717, 1.165) is 22.2 Å². The number of carbonyl (C=O) groups is 1. The van der Waals surface area contributed by atoms with E-state index in [0.29, 0.717) is 41.8 Å². The highest BCUT2D eigenvalue weighted by molar-refractivity contribution is 6.82. The summed E-state index contributed by atoms with van der Waals surface area (Å²) in [7, 11) is -0.950. The van der Waals surface area contributed by atoms with E-state index in [1.54, 1.807) is 12.0 Å². The first-order valence-electron chi connectivity index (χ1n) is 16.8. The zero-order chi connectivity index (χ0) is 33.9. The van der Waals surface area contributed by atoms with Gasteiger partial charge >= 0.3 is 13.2 Å². The van der Waals surface area contributed by atoms with Crippen LogP contribution in [0.3, 0.4) is 0 Å². The average Bonchev–Trinajstić information content (AvgIpc) is 3.42. The molecule has 0 aromatic carbocycles. The van der Waals surface area contributed by atoms with Gasteiger partial charge in [0, 0.05) is 23.5 Å². The summed E-state index contributed by atoms with van der Waals surface area (Å²) < 4.78 is 21.7. The molecule has 2 saturated heterocycles. The first-order valence-corrected chi connectivity index (χ1v) is 19.0. The molecule has 250 valence electrons. The van der Waals surface area contributed by atoms with Crippen LogP contribution in [0.15, 0.2) is 24.4 Å². The van der Waals surface area contributed by atoms with Gasteiger partial charge in [-0.2, -0.15) is 0 Å². The number of allylic oxidation sites excluding steroid dienone is 1. The fraction of sp³-hybridized carbons (Fsp3) is 0.714. The minimum absolute atomic E-state index is 0.0639. The predicted octanol–water partition coefficient (Wildman–Crippen LogP) is 8.89. The maximum atomic E-state index is 12.4. The first kappa shape index (κ1) is 35.6. The van der Waals surface area contributed by atoms with Gasteiger partial charge in [-0.3, -0.25) is 0 Å². The molecule has 0 spiro atoms. The Labute approximate surface area is 273 Å². The van der Waals surface area contributed by atoms with Crippen LogP contribution in [0.1, 0.15) is 108 Å². The van der Waals surface area contributed by atoms with Gasteiger partial charge in [0.25, 0.3) is 0 Å². The smallest absolute Gasteiger partial charge is 0.487 e. The van der Waals surface area contributed by atoms with Gasteiger partial charge in [0.15, 0.2) is 8.24 Å². The van der Waals surface area contributed by atoms with Crippen molar-refractivity contribution in [2.24, 2.45) is 11.3 Å². The maximum absolute atomic E-state index is 12.4. The number of amides is 1. The number of hydrogen-bond donors (Lipinski definition) is 1. The Kier molecular flexibility index (Phi) is 9.78. The van der Waals surface area contributed by atoms with E-state index < -0.39 is 32.6 Å². The Hall–Kier alpha value is -2.30. The molecule has 2 unspecified atom stereocenters. The zero-order valence-corrected chi connectivity index (χ0v) is 31.3. The van der Waals surface area contributed by atoms with Crippen LogP contribution in [0.2, 0.25) is 16.6 Å². The van der Waals surface area contributed by atoms with Crippen molar-refractivity contribution in [2.75, 3.05) is 13.7 Å². The van der Waals surface area contributed by atoms with Gasteiger partial charge in [-0.1, -0.05) is 68.3 Å². The van der Waals surface area contributed by atoms with Gasteiger partial charge in [-0.05, 0) is 86.3 Å². The molecular formula is C35H58BN3O5Si. The highest BCUT2D eigenvalue weighted by Crippen LogP contribution is 2.48. The second-order valence-electron chi connectivity index (χ2n) is 16.3. The third-order valence-electron chi connectivity index (χ3n) is 11.3. The molecule has 2 atom stereocenters. The van der Waals surface area contributed by atoms with Crippen LogP contribution in [-0.2, 0) is 9.31 Å². The highest BCUT2D eigenvalue weighted by Gasteiger charge is 2.51. The number of fused-ring (bicyclic) bond motifs is 1.